The SMILES string of the molecule is CC(=O)N1CCN(C(=O)c2ccc(-c3cccc(C)c3)[nH]c2=O)CC1. The quantitative estimate of drug-likeness (QED) is 0.904. The van der Waals surface area contributed by atoms with Crippen molar-refractivity contribution < 1.29 is 9.59 Å². The van der Waals surface area contributed by atoms with Crippen LogP contribution in [0.2, 0.25) is 0 Å². The maximum Gasteiger partial charge on any atom is 0.261 e. The first-order valence-corrected chi connectivity index (χ1v) is 8.31. The Balaban J connectivity index is 1.78. The summed E-state index contributed by atoms with van der Waals surface area (Å²) in [5, 5.41) is 0. The van der Waals surface area contributed by atoms with Crippen molar-refractivity contribution in [3.63, 3.8) is 0 Å². The van der Waals surface area contributed by atoms with Crippen LogP contribution >= 0.6 is 0 Å². The van der Waals surface area contributed by atoms with Gasteiger partial charge in [-0.15, -0.1) is 0 Å². The van der Waals surface area contributed by atoms with Crippen molar-refractivity contribution in [2.75, 3.05) is 26.2 Å². The number of benzene rings is 1. The summed E-state index contributed by atoms with van der Waals surface area (Å²) in [6.07, 6.45) is 0. The van der Waals surface area contributed by atoms with Crippen LogP contribution in [-0.2, 0) is 4.79 Å². The van der Waals surface area contributed by atoms with Gasteiger partial charge in [0, 0.05) is 38.8 Å². The molecule has 1 N–H and O–H groups in total. The highest BCUT2D eigenvalue weighted by molar-refractivity contribution is 5.94. The number of H-pyrrole nitrogens is 1. The molecule has 0 saturated carbocycles. The summed E-state index contributed by atoms with van der Waals surface area (Å²) in [5.74, 6) is -0.285. The van der Waals surface area contributed by atoms with E-state index in [1.807, 2.05) is 31.2 Å². The number of rotatable bonds is 2. The fraction of sp³-hybridized carbons (Fsp3) is 0.316. The highest BCUT2D eigenvalue weighted by Crippen LogP contribution is 2.17. The summed E-state index contributed by atoms with van der Waals surface area (Å²) < 4.78 is 0. The molecule has 3 rings (SSSR count). The molecule has 0 spiro atoms. The van der Waals surface area contributed by atoms with Crippen LogP contribution in [0.25, 0.3) is 11.3 Å². The summed E-state index contributed by atoms with van der Waals surface area (Å²) in [4.78, 5) is 42.5. The molecule has 1 aromatic carbocycles. The fourth-order valence-electron chi connectivity index (χ4n) is 3.02. The van der Waals surface area contributed by atoms with Gasteiger partial charge < -0.3 is 14.8 Å². The molecule has 2 amide bonds. The van der Waals surface area contributed by atoms with Crippen LogP contribution in [-0.4, -0.2) is 52.8 Å². The molecule has 0 aliphatic carbocycles. The van der Waals surface area contributed by atoms with Gasteiger partial charge in [0.05, 0.1) is 0 Å². The number of nitrogens with zero attached hydrogens (tertiary/aromatic N) is 2. The Bertz CT molecular complexity index is 864. The van der Waals surface area contributed by atoms with E-state index in [0.717, 1.165) is 11.1 Å². The number of amides is 2. The van der Waals surface area contributed by atoms with Crippen molar-refractivity contribution in [1.82, 2.24) is 14.8 Å². The third-order valence-corrected chi connectivity index (χ3v) is 4.48. The van der Waals surface area contributed by atoms with Crippen LogP contribution in [0, 0.1) is 6.92 Å². The molecule has 1 aliphatic heterocycles. The Labute approximate surface area is 146 Å². The van der Waals surface area contributed by atoms with Crippen molar-refractivity contribution in [2.24, 2.45) is 0 Å². The van der Waals surface area contributed by atoms with Crippen LogP contribution in [0.15, 0.2) is 41.2 Å². The minimum Gasteiger partial charge on any atom is -0.339 e. The number of aromatic nitrogens is 1. The number of hydrogen-bond acceptors (Lipinski definition) is 3. The average Bonchev–Trinajstić information content (AvgIpc) is 2.61. The second kappa shape index (κ2) is 6.93. The van der Waals surface area contributed by atoms with E-state index in [1.54, 1.807) is 21.9 Å². The zero-order valence-electron chi connectivity index (χ0n) is 14.4. The van der Waals surface area contributed by atoms with Gasteiger partial charge in [-0.1, -0.05) is 23.8 Å². The molecular formula is C19H21N3O3. The van der Waals surface area contributed by atoms with Gasteiger partial charge >= 0.3 is 0 Å². The van der Waals surface area contributed by atoms with Gasteiger partial charge in [0.15, 0.2) is 0 Å². The number of aryl methyl sites for hydroxylation is 1. The predicted octanol–water partition coefficient (Wildman–Crippen LogP) is 1.65. The summed E-state index contributed by atoms with van der Waals surface area (Å²) in [7, 11) is 0. The number of pyridine rings is 1. The number of nitrogens with one attached hydrogen (secondary N) is 1. The number of piperazine rings is 1. The van der Waals surface area contributed by atoms with Crippen LogP contribution in [0.4, 0.5) is 0 Å². The lowest BCUT2D eigenvalue weighted by molar-refractivity contribution is -0.130. The van der Waals surface area contributed by atoms with E-state index in [9.17, 15) is 14.4 Å². The second-order valence-corrected chi connectivity index (χ2v) is 6.28. The van der Waals surface area contributed by atoms with Gasteiger partial charge in [-0.2, -0.15) is 0 Å². The van der Waals surface area contributed by atoms with E-state index in [-0.39, 0.29) is 17.4 Å². The normalized spacial score (nSPS) is 14.5. The van der Waals surface area contributed by atoms with E-state index in [4.69, 9.17) is 0 Å². The molecule has 0 radical (unpaired) electrons. The zero-order valence-corrected chi connectivity index (χ0v) is 14.4. The maximum atomic E-state index is 12.6. The Morgan fingerprint density at radius 2 is 1.68 bits per heavy atom. The van der Waals surface area contributed by atoms with E-state index < -0.39 is 5.56 Å². The zero-order chi connectivity index (χ0) is 18.0. The number of carbonyl (C=O) groups is 2. The van der Waals surface area contributed by atoms with Crippen LogP contribution in [0.3, 0.4) is 0 Å². The smallest absolute Gasteiger partial charge is 0.261 e. The third-order valence-electron chi connectivity index (χ3n) is 4.48. The van der Waals surface area contributed by atoms with E-state index in [0.29, 0.717) is 31.9 Å². The minimum absolute atomic E-state index is 0.00690. The van der Waals surface area contributed by atoms with Gasteiger partial charge in [-0.25, -0.2) is 0 Å². The van der Waals surface area contributed by atoms with Crippen LogP contribution in [0.5, 0.6) is 0 Å². The van der Waals surface area contributed by atoms with Gasteiger partial charge in [-0.3, -0.25) is 14.4 Å². The Hall–Kier alpha value is -2.89. The van der Waals surface area contributed by atoms with E-state index in [1.165, 1.54) is 6.92 Å². The lowest BCUT2D eigenvalue weighted by Crippen LogP contribution is -2.50. The maximum absolute atomic E-state index is 12.6. The van der Waals surface area contributed by atoms with Gasteiger partial charge in [0.2, 0.25) is 5.91 Å². The molecule has 2 heterocycles. The predicted molar refractivity (Wildman–Crippen MR) is 95.4 cm³/mol. The summed E-state index contributed by atoms with van der Waals surface area (Å²) in [6, 6.07) is 11.1. The van der Waals surface area contributed by atoms with Crippen LogP contribution in [0.1, 0.15) is 22.8 Å². The fourth-order valence-corrected chi connectivity index (χ4v) is 3.02. The van der Waals surface area contributed by atoms with Crippen molar-refractivity contribution in [2.45, 2.75) is 13.8 Å². The Morgan fingerprint density at radius 1 is 1.00 bits per heavy atom. The first-order chi connectivity index (χ1) is 12.0. The summed E-state index contributed by atoms with van der Waals surface area (Å²) in [6.45, 7) is 5.39. The third kappa shape index (κ3) is 3.63. The van der Waals surface area contributed by atoms with E-state index >= 15 is 0 Å². The molecule has 130 valence electrons. The Morgan fingerprint density at radius 3 is 2.28 bits per heavy atom. The summed E-state index contributed by atoms with van der Waals surface area (Å²) in [5.41, 5.74) is 2.44. The average molecular weight is 339 g/mol. The van der Waals surface area contributed by atoms with E-state index in [2.05, 4.69) is 4.98 Å². The molecular weight excluding hydrogens is 318 g/mol. The second-order valence-electron chi connectivity index (χ2n) is 6.28. The van der Waals surface area contributed by atoms with Gasteiger partial charge in [-0.05, 0) is 30.7 Å². The Kier molecular flexibility index (Phi) is 4.70. The number of hydrogen-bond donors (Lipinski definition) is 1. The first kappa shape index (κ1) is 17.0. The first-order valence-electron chi connectivity index (χ1n) is 8.31. The minimum atomic E-state index is -0.391. The molecule has 6 nitrogen and oxygen atoms in total. The lowest BCUT2D eigenvalue weighted by Gasteiger charge is -2.34. The topological polar surface area (TPSA) is 73.5 Å². The molecule has 25 heavy (non-hydrogen) atoms. The lowest BCUT2D eigenvalue weighted by atomic mass is 10.1. The van der Waals surface area contributed by atoms with Gasteiger partial charge in [0.1, 0.15) is 5.56 Å². The van der Waals surface area contributed by atoms with Crippen LogP contribution < -0.4 is 5.56 Å². The molecule has 0 atom stereocenters. The molecule has 6 heteroatoms. The van der Waals surface area contributed by atoms with Crippen molar-refractivity contribution in [3.05, 3.63) is 57.9 Å². The monoisotopic (exact) mass is 339 g/mol. The molecule has 2 aromatic rings. The van der Waals surface area contributed by atoms with Crippen molar-refractivity contribution in [1.29, 1.82) is 0 Å². The molecule has 1 aliphatic rings. The molecule has 0 bridgehead atoms. The molecule has 0 unspecified atom stereocenters. The molecule has 1 saturated heterocycles. The summed E-state index contributed by atoms with van der Waals surface area (Å²) >= 11 is 0. The number of carbonyl (C=O) groups excluding carboxylic acids is 2. The highest BCUT2D eigenvalue weighted by atomic mass is 16.2. The largest absolute Gasteiger partial charge is 0.339 e. The number of aromatic amines is 1. The molecule has 1 aromatic heterocycles. The van der Waals surface area contributed by atoms with Crippen molar-refractivity contribution in [3.8, 4) is 11.3 Å². The van der Waals surface area contributed by atoms with Crippen molar-refractivity contribution >= 4 is 11.8 Å². The van der Waals surface area contributed by atoms with Gasteiger partial charge in [0.25, 0.3) is 11.5 Å². The molecule has 1 fully saturated rings. The highest BCUT2D eigenvalue weighted by Gasteiger charge is 2.24. The standard InChI is InChI=1S/C19H21N3O3/c1-13-4-3-5-15(12-13)17-7-6-16(18(24)20-17)19(25)22-10-8-21(9-11-22)14(2)23/h3-7,12H,8-11H2,1-2H3,(H,20,24).